The number of allylic oxidation sites excluding steroid dienone is 1. The first kappa shape index (κ1) is 18.4. The summed E-state index contributed by atoms with van der Waals surface area (Å²) in [6, 6.07) is 5.49. The van der Waals surface area contributed by atoms with Gasteiger partial charge in [0.05, 0.1) is 12.2 Å². The Labute approximate surface area is 146 Å². The lowest BCUT2D eigenvalue weighted by Crippen LogP contribution is -2.21. The van der Waals surface area contributed by atoms with Crippen molar-refractivity contribution in [2.45, 2.75) is 33.1 Å². The fourth-order valence-electron chi connectivity index (χ4n) is 2.62. The number of benzene rings is 1. The number of ether oxygens (including phenoxy) is 1. The van der Waals surface area contributed by atoms with Crippen molar-refractivity contribution in [2.24, 2.45) is 5.92 Å². The van der Waals surface area contributed by atoms with Crippen molar-refractivity contribution >= 4 is 24.0 Å². The third-order valence-corrected chi connectivity index (χ3v) is 5.28. The Morgan fingerprint density at radius 1 is 1.46 bits per heavy atom. The van der Waals surface area contributed by atoms with Gasteiger partial charge in [0.15, 0.2) is 6.29 Å². The molecular weight excluding hydrogens is 326 g/mol. The van der Waals surface area contributed by atoms with Crippen LogP contribution in [0.25, 0.3) is 0 Å². The van der Waals surface area contributed by atoms with E-state index in [9.17, 15) is 14.7 Å². The van der Waals surface area contributed by atoms with Gasteiger partial charge in [0.1, 0.15) is 16.0 Å². The summed E-state index contributed by atoms with van der Waals surface area (Å²) in [4.78, 5) is 25.2. The minimum Gasteiger partial charge on any atom is -0.493 e. The van der Waals surface area contributed by atoms with Crippen LogP contribution in [0.1, 0.15) is 49.0 Å². The first-order chi connectivity index (χ1) is 11.4. The third kappa shape index (κ3) is 3.75. The molecule has 0 saturated carbocycles. The summed E-state index contributed by atoms with van der Waals surface area (Å²) in [5.41, 5.74) is 2.15. The molecule has 1 aliphatic heterocycles. The second kappa shape index (κ2) is 7.75. The van der Waals surface area contributed by atoms with Crippen LogP contribution < -0.4 is 4.74 Å². The Kier molecular flexibility index (Phi) is 5.94. The van der Waals surface area contributed by atoms with Crippen LogP contribution in [-0.4, -0.2) is 35.4 Å². The first-order valence-electron chi connectivity index (χ1n) is 7.98. The number of hydrogen-bond donors (Lipinski definition) is 1. The summed E-state index contributed by atoms with van der Waals surface area (Å²) in [6.45, 7) is 9.14. The van der Waals surface area contributed by atoms with E-state index in [-0.39, 0.29) is 5.37 Å². The molecule has 130 valence electrons. The minimum atomic E-state index is -0.911. The van der Waals surface area contributed by atoms with Gasteiger partial charge in [-0.15, -0.1) is 0 Å². The molecule has 1 heterocycles. The van der Waals surface area contributed by atoms with Crippen molar-refractivity contribution in [1.82, 2.24) is 4.90 Å². The Morgan fingerprint density at radius 2 is 2.17 bits per heavy atom. The van der Waals surface area contributed by atoms with Crippen LogP contribution in [0.4, 0.5) is 0 Å². The van der Waals surface area contributed by atoms with E-state index < -0.39 is 5.97 Å². The topological polar surface area (TPSA) is 66.8 Å². The largest absolute Gasteiger partial charge is 0.493 e. The van der Waals surface area contributed by atoms with Gasteiger partial charge >= 0.3 is 5.97 Å². The lowest BCUT2D eigenvalue weighted by atomic mass is 10.1. The summed E-state index contributed by atoms with van der Waals surface area (Å²) in [7, 11) is 0. The van der Waals surface area contributed by atoms with E-state index in [2.05, 4.69) is 0 Å². The number of rotatable bonds is 7. The standard InChI is InChI=1S/C18H23NO4S/c1-5-19-12(4)16(18(21)22)24-17(19)13-6-7-15(14(8-13)9-20)23-10-11(2)3/h6-9,11,17H,5,10H2,1-4H3,(H,21,22). The van der Waals surface area contributed by atoms with Crippen molar-refractivity contribution in [3.63, 3.8) is 0 Å². The minimum absolute atomic E-state index is 0.140. The predicted octanol–water partition coefficient (Wildman–Crippen LogP) is 3.92. The molecule has 0 radical (unpaired) electrons. The summed E-state index contributed by atoms with van der Waals surface area (Å²) in [5.74, 6) is 0.0257. The van der Waals surface area contributed by atoms with Crippen LogP contribution in [0.5, 0.6) is 5.75 Å². The van der Waals surface area contributed by atoms with Gasteiger partial charge in [0, 0.05) is 12.2 Å². The molecule has 0 spiro atoms. The van der Waals surface area contributed by atoms with Crippen LogP contribution in [0, 0.1) is 5.92 Å². The van der Waals surface area contributed by atoms with Crippen molar-refractivity contribution in [1.29, 1.82) is 0 Å². The highest BCUT2D eigenvalue weighted by molar-refractivity contribution is 8.04. The molecule has 1 aromatic carbocycles. The fraction of sp³-hybridized carbons (Fsp3) is 0.444. The fourth-order valence-corrected chi connectivity index (χ4v) is 3.95. The average Bonchev–Trinajstić information content (AvgIpc) is 2.89. The number of thioether (sulfide) groups is 1. The van der Waals surface area contributed by atoms with E-state index in [4.69, 9.17) is 4.74 Å². The summed E-state index contributed by atoms with van der Waals surface area (Å²) < 4.78 is 5.68. The van der Waals surface area contributed by atoms with Crippen LogP contribution in [0.15, 0.2) is 28.8 Å². The second-order valence-corrected chi connectivity index (χ2v) is 7.19. The van der Waals surface area contributed by atoms with Crippen LogP contribution in [0.2, 0.25) is 0 Å². The monoisotopic (exact) mass is 349 g/mol. The predicted molar refractivity (Wildman–Crippen MR) is 95.2 cm³/mol. The van der Waals surface area contributed by atoms with Gasteiger partial charge in [0.2, 0.25) is 0 Å². The Balaban J connectivity index is 2.29. The van der Waals surface area contributed by atoms with Gasteiger partial charge in [-0.1, -0.05) is 31.7 Å². The Hall–Kier alpha value is -1.95. The van der Waals surface area contributed by atoms with E-state index in [1.54, 1.807) is 12.1 Å². The molecule has 6 heteroatoms. The van der Waals surface area contributed by atoms with Crippen molar-refractivity contribution in [3.8, 4) is 5.75 Å². The average molecular weight is 349 g/mol. The smallest absolute Gasteiger partial charge is 0.344 e. The number of aldehydes is 1. The van der Waals surface area contributed by atoms with Crippen LogP contribution in [-0.2, 0) is 4.79 Å². The molecule has 1 atom stereocenters. The normalized spacial score (nSPS) is 17.5. The highest BCUT2D eigenvalue weighted by atomic mass is 32.2. The van der Waals surface area contributed by atoms with Crippen LogP contribution >= 0.6 is 11.8 Å². The van der Waals surface area contributed by atoms with Gasteiger partial charge in [-0.05, 0) is 37.5 Å². The molecular formula is C18H23NO4S. The number of carboxylic acid groups (broad SMARTS) is 1. The van der Waals surface area contributed by atoms with E-state index in [1.807, 2.05) is 38.7 Å². The SMILES string of the molecule is CCN1C(C)=C(C(=O)O)SC1c1ccc(OCC(C)C)c(C=O)c1. The first-order valence-corrected chi connectivity index (χ1v) is 8.86. The Bertz CT molecular complexity index is 669. The zero-order valence-corrected chi connectivity index (χ0v) is 15.2. The third-order valence-electron chi connectivity index (χ3n) is 3.83. The van der Waals surface area contributed by atoms with Gasteiger partial charge in [-0.25, -0.2) is 4.79 Å². The van der Waals surface area contributed by atoms with Gasteiger partial charge < -0.3 is 14.7 Å². The second-order valence-electron chi connectivity index (χ2n) is 6.10. The molecule has 1 aliphatic rings. The maximum atomic E-state index is 11.4. The highest BCUT2D eigenvalue weighted by Crippen LogP contribution is 2.47. The number of carboxylic acids is 1. The molecule has 5 nitrogen and oxygen atoms in total. The zero-order chi connectivity index (χ0) is 17.9. The quantitative estimate of drug-likeness (QED) is 0.753. The molecule has 0 amide bonds. The van der Waals surface area contributed by atoms with Crippen molar-refractivity contribution in [2.75, 3.05) is 13.2 Å². The molecule has 1 N–H and O–H groups in total. The van der Waals surface area contributed by atoms with Crippen molar-refractivity contribution < 1.29 is 19.4 Å². The van der Waals surface area contributed by atoms with Gasteiger partial charge in [0.25, 0.3) is 0 Å². The summed E-state index contributed by atoms with van der Waals surface area (Å²) in [5, 5.41) is 9.21. The number of aliphatic carboxylic acids is 1. The molecule has 24 heavy (non-hydrogen) atoms. The molecule has 1 unspecified atom stereocenters. The lowest BCUT2D eigenvalue weighted by Gasteiger charge is -2.26. The lowest BCUT2D eigenvalue weighted by molar-refractivity contribution is -0.131. The maximum Gasteiger partial charge on any atom is 0.344 e. The number of nitrogens with zero attached hydrogens (tertiary/aromatic N) is 1. The summed E-state index contributed by atoms with van der Waals surface area (Å²) in [6.07, 6.45) is 0.785. The number of carbonyl (C=O) groups is 2. The van der Waals surface area contributed by atoms with Gasteiger partial charge in [-0.3, -0.25) is 4.79 Å². The van der Waals surface area contributed by atoms with E-state index >= 15 is 0 Å². The number of carbonyl (C=O) groups excluding carboxylic acids is 1. The zero-order valence-electron chi connectivity index (χ0n) is 14.4. The van der Waals surface area contributed by atoms with E-state index in [1.165, 1.54) is 11.8 Å². The molecule has 2 rings (SSSR count). The summed E-state index contributed by atoms with van der Waals surface area (Å²) >= 11 is 1.31. The van der Waals surface area contributed by atoms with Crippen molar-refractivity contribution in [3.05, 3.63) is 39.9 Å². The Morgan fingerprint density at radius 3 is 2.71 bits per heavy atom. The highest BCUT2D eigenvalue weighted by Gasteiger charge is 2.34. The molecule has 1 aromatic rings. The molecule has 0 saturated heterocycles. The molecule has 0 bridgehead atoms. The van der Waals surface area contributed by atoms with E-state index in [0.717, 1.165) is 17.5 Å². The van der Waals surface area contributed by atoms with E-state index in [0.29, 0.717) is 35.3 Å². The molecule has 0 aromatic heterocycles. The maximum absolute atomic E-state index is 11.4. The van der Waals surface area contributed by atoms with Gasteiger partial charge in [-0.2, -0.15) is 0 Å². The molecule has 0 aliphatic carbocycles. The van der Waals surface area contributed by atoms with Crippen LogP contribution in [0.3, 0.4) is 0 Å². The molecule has 0 fully saturated rings. The number of hydrogen-bond acceptors (Lipinski definition) is 5.